The first-order chi connectivity index (χ1) is 7.36. The number of imidazole rings is 1. The van der Waals surface area contributed by atoms with E-state index in [1.54, 1.807) is 12.5 Å². The maximum atomic E-state index is 11.7. The number of nitrogens with zero attached hydrogens (tertiary/aromatic N) is 2. The summed E-state index contributed by atoms with van der Waals surface area (Å²) in [4.78, 5) is 20.4. The van der Waals surface area contributed by atoms with Gasteiger partial charge >= 0.3 is 6.03 Å². The summed E-state index contributed by atoms with van der Waals surface area (Å²) in [6.07, 6.45) is 6.82. The van der Waals surface area contributed by atoms with Gasteiger partial charge < -0.3 is 15.2 Å². The lowest BCUT2D eigenvalue weighted by atomic mass is 10.1. The first-order valence-corrected chi connectivity index (χ1v) is 5.36. The highest BCUT2D eigenvalue weighted by molar-refractivity contribution is 5.74. The fourth-order valence-electron chi connectivity index (χ4n) is 1.76. The number of carbonyl (C=O) groups excluding carboxylic acids is 1. The third kappa shape index (κ3) is 2.71. The topological polar surface area (TPSA) is 61.0 Å². The van der Waals surface area contributed by atoms with E-state index in [2.05, 4.69) is 15.3 Å². The van der Waals surface area contributed by atoms with Crippen molar-refractivity contribution in [3.63, 3.8) is 0 Å². The van der Waals surface area contributed by atoms with Crippen LogP contribution in [0.1, 0.15) is 25.0 Å². The van der Waals surface area contributed by atoms with E-state index in [9.17, 15) is 4.79 Å². The molecule has 1 aromatic heterocycles. The third-order valence-electron chi connectivity index (χ3n) is 2.63. The van der Waals surface area contributed by atoms with Crippen molar-refractivity contribution in [1.29, 1.82) is 0 Å². The molecule has 0 radical (unpaired) electrons. The van der Waals surface area contributed by atoms with Crippen LogP contribution in [0.25, 0.3) is 0 Å². The van der Waals surface area contributed by atoms with Crippen LogP contribution in [0, 0.1) is 0 Å². The van der Waals surface area contributed by atoms with Gasteiger partial charge in [-0.1, -0.05) is 0 Å². The molecular weight excluding hydrogens is 192 g/mol. The Morgan fingerprint density at radius 1 is 1.47 bits per heavy atom. The van der Waals surface area contributed by atoms with E-state index in [1.165, 1.54) is 6.42 Å². The fraction of sp³-hybridized carbons (Fsp3) is 0.600. The maximum Gasteiger partial charge on any atom is 0.317 e. The zero-order valence-corrected chi connectivity index (χ0v) is 8.70. The lowest BCUT2D eigenvalue weighted by Crippen LogP contribution is -2.42. The molecule has 0 aromatic carbocycles. The Morgan fingerprint density at radius 3 is 2.93 bits per heavy atom. The number of amides is 2. The van der Waals surface area contributed by atoms with Gasteiger partial charge in [0.1, 0.15) is 0 Å². The van der Waals surface area contributed by atoms with Crippen molar-refractivity contribution in [3.8, 4) is 0 Å². The van der Waals surface area contributed by atoms with Gasteiger partial charge in [0.15, 0.2) is 0 Å². The van der Waals surface area contributed by atoms with E-state index in [0.29, 0.717) is 6.54 Å². The Kier molecular flexibility index (Phi) is 3.22. The van der Waals surface area contributed by atoms with Gasteiger partial charge in [-0.15, -0.1) is 0 Å². The lowest BCUT2D eigenvalue weighted by molar-refractivity contribution is 0.186. The number of H-pyrrole nitrogens is 1. The first kappa shape index (κ1) is 10.0. The van der Waals surface area contributed by atoms with Gasteiger partial charge in [-0.3, -0.25) is 0 Å². The minimum absolute atomic E-state index is 0.0318. The number of urea groups is 1. The number of piperidine rings is 1. The Labute approximate surface area is 88.9 Å². The zero-order valence-electron chi connectivity index (χ0n) is 8.70. The molecule has 0 atom stereocenters. The summed E-state index contributed by atoms with van der Waals surface area (Å²) in [5.41, 5.74) is 0.931. The molecule has 15 heavy (non-hydrogen) atoms. The number of likely N-dealkylation sites (tertiary alicyclic amines) is 1. The molecule has 5 heteroatoms. The van der Waals surface area contributed by atoms with Crippen LogP contribution in [-0.4, -0.2) is 34.0 Å². The average Bonchev–Trinajstić information content (AvgIpc) is 2.80. The van der Waals surface area contributed by atoms with Crippen LogP contribution in [-0.2, 0) is 6.54 Å². The molecule has 1 aromatic rings. The molecule has 2 rings (SSSR count). The third-order valence-corrected chi connectivity index (χ3v) is 2.63. The van der Waals surface area contributed by atoms with Gasteiger partial charge in [0, 0.05) is 19.3 Å². The van der Waals surface area contributed by atoms with E-state index in [0.717, 1.165) is 31.6 Å². The van der Waals surface area contributed by atoms with E-state index in [1.807, 2.05) is 4.90 Å². The van der Waals surface area contributed by atoms with E-state index in [4.69, 9.17) is 0 Å². The molecule has 0 saturated carbocycles. The van der Waals surface area contributed by atoms with E-state index < -0.39 is 0 Å². The van der Waals surface area contributed by atoms with Gasteiger partial charge in [-0.05, 0) is 19.3 Å². The second-order valence-electron chi connectivity index (χ2n) is 3.78. The predicted molar refractivity (Wildman–Crippen MR) is 56.2 cm³/mol. The minimum atomic E-state index is 0.0318. The number of carbonyl (C=O) groups is 1. The van der Waals surface area contributed by atoms with Crippen LogP contribution in [0.3, 0.4) is 0 Å². The maximum absolute atomic E-state index is 11.7. The molecule has 1 aliphatic rings. The lowest BCUT2D eigenvalue weighted by Gasteiger charge is -2.26. The zero-order chi connectivity index (χ0) is 10.5. The summed E-state index contributed by atoms with van der Waals surface area (Å²) in [5.74, 6) is 0. The molecule has 5 nitrogen and oxygen atoms in total. The summed E-state index contributed by atoms with van der Waals surface area (Å²) in [5, 5.41) is 2.87. The standard InChI is InChI=1S/C10H16N4O/c15-10(14-4-2-1-3-5-14)12-7-9-6-11-8-13-9/h6,8H,1-5,7H2,(H,11,13)(H,12,15). The van der Waals surface area contributed by atoms with Crippen LogP contribution < -0.4 is 5.32 Å². The summed E-state index contributed by atoms with van der Waals surface area (Å²) >= 11 is 0. The Bertz CT molecular complexity index is 303. The van der Waals surface area contributed by atoms with Gasteiger partial charge in [0.2, 0.25) is 0 Å². The van der Waals surface area contributed by atoms with Crippen LogP contribution in [0.5, 0.6) is 0 Å². The molecule has 2 N–H and O–H groups in total. The molecule has 0 bridgehead atoms. The molecule has 0 aliphatic carbocycles. The molecule has 0 unspecified atom stereocenters. The molecule has 2 amide bonds. The van der Waals surface area contributed by atoms with Gasteiger partial charge in [-0.2, -0.15) is 0 Å². The van der Waals surface area contributed by atoms with E-state index >= 15 is 0 Å². The minimum Gasteiger partial charge on any atom is -0.347 e. The fourth-order valence-corrected chi connectivity index (χ4v) is 1.76. The molecule has 1 aliphatic heterocycles. The van der Waals surface area contributed by atoms with E-state index in [-0.39, 0.29) is 6.03 Å². The summed E-state index contributed by atoms with van der Waals surface area (Å²) < 4.78 is 0. The smallest absolute Gasteiger partial charge is 0.317 e. The molecular formula is C10H16N4O. The van der Waals surface area contributed by atoms with Crippen molar-refractivity contribution < 1.29 is 4.79 Å². The van der Waals surface area contributed by atoms with Crippen molar-refractivity contribution in [2.45, 2.75) is 25.8 Å². The average molecular weight is 208 g/mol. The van der Waals surface area contributed by atoms with Crippen LogP contribution in [0.2, 0.25) is 0 Å². The Balaban J connectivity index is 1.76. The number of hydrogen-bond acceptors (Lipinski definition) is 2. The summed E-state index contributed by atoms with van der Waals surface area (Å²) in [6, 6.07) is 0.0318. The van der Waals surface area contributed by atoms with Crippen LogP contribution >= 0.6 is 0 Å². The van der Waals surface area contributed by atoms with Crippen molar-refractivity contribution in [2.75, 3.05) is 13.1 Å². The SMILES string of the molecule is O=C(NCc1cnc[nH]1)N1CCCCC1. The monoisotopic (exact) mass is 208 g/mol. The highest BCUT2D eigenvalue weighted by Crippen LogP contribution is 2.08. The quantitative estimate of drug-likeness (QED) is 0.764. The Morgan fingerprint density at radius 2 is 2.27 bits per heavy atom. The highest BCUT2D eigenvalue weighted by Gasteiger charge is 2.15. The Hall–Kier alpha value is -1.52. The van der Waals surface area contributed by atoms with Crippen molar-refractivity contribution >= 4 is 6.03 Å². The number of aromatic amines is 1. The van der Waals surface area contributed by atoms with Gasteiger partial charge in [0.25, 0.3) is 0 Å². The number of nitrogens with one attached hydrogen (secondary N) is 2. The van der Waals surface area contributed by atoms with Gasteiger partial charge in [0.05, 0.1) is 18.6 Å². The van der Waals surface area contributed by atoms with Gasteiger partial charge in [-0.25, -0.2) is 9.78 Å². The largest absolute Gasteiger partial charge is 0.347 e. The number of hydrogen-bond donors (Lipinski definition) is 2. The predicted octanol–water partition coefficient (Wildman–Crippen LogP) is 1.11. The normalized spacial score (nSPS) is 16.4. The van der Waals surface area contributed by atoms with Crippen molar-refractivity contribution in [2.24, 2.45) is 0 Å². The summed E-state index contributed by atoms with van der Waals surface area (Å²) in [6.45, 7) is 2.29. The molecule has 1 fully saturated rings. The number of aromatic nitrogens is 2. The van der Waals surface area contributed by atoms with Crippen LogP contribution in [0.15, 0.2) is 12.5 Å². The number of rotatable bonds is 2. The molecule has 2 heterocycles. The van der Waals surface area contributed by atoms with Crippen molar-refractivity contribution in [1.82, 2.24) is 20.2 Å². The second kappa shape index (κ2) is 4.82. The first-order valence-electron chi connectivity index (χ1n) is 5.36. The second-order valence-corrected chi connectivity index (χ2v) is 3.78. The van der Waals surface area contributed by atoms with Crippen LogP contribution in [0.4, 0.5) is 4.79 Å². The van der Waals surface area contributed by atoms with Crippen molar-refractivity contribution in [3.05, 3.63) is 18.2 Å². The molecule has 0 spiro atoms. The molecule has 82 valence electrons. The highest BCUT2D eigenvalue weighted by atomic mass is 16.2. The summed E-state index contributed by atoms with van der Waals surface area (Å²) in [7, 11) is 0. The molecule has 1 saturated heterocycles.